The Balaban J connectivity index is 1.88. The van der Waals surface area contributed by atoms with Crippen molar-refractivity contribution < 1.29 is 19.4 Å². The van der Waals surface area contributed by atoms with Gasteiger partial charge >= 0.3 is 5.97 Å². The van der Waals surface area contributed by atoms with Crippen LogP contribution in [0.25, 0.3) is 0 Å². The van der Waals surface area contributed by atoms with Crippen molar-refractivity contribution in [3.63, 3.8) is 0 Å². The highest BCUT2D eigenvalue weighted by atomic mass is 16.6. The molecule has 14 heavy (non-hydrogen) atoms. The van der Waals surface area contributed by atoms with E-state index in [-0.39, 0.29) is 23.9 Å². The van der Waals surface area contributed by atoms with Crippen LogP contribution < -0.4 is 5.73 Å². The highest BCUT2D eigenvalue weighted by molar-refractivity contribution is 5.87. The van der Waals surface area contributed by atoms with Crippen LogP contribution in [-0.4, -0.2) is 35.1 Å². The summed E-state index contributed by atoms with van der Waals surface area (Å²) in [6.07, 6.45) is 1.31. The molecule has 0 radical (unpaired) electrons. The summed E-state index contributed by atoms with van der Waals surface area (Å²) in [7, 11) is 0. The van der Waals surface area contributed by atoms with Gasteiger partial charge in [-0.15, -0.1) is 0 Å². The number of ketones is 1. The monoisotopic (exact) mass is 199 g/mol. The molecule has 0 spiro atoms. The Bertz CT molecular complexity index is 278. The highest BCUT2D eigenvalue weighted by Crippen LogP contribution is 2.40. The van der Waals surface area contributed by atoms with E-state index in [0.29, 0.717) is 19.3 Å². The molecule has 0 amide bonds. The van der Waals surface area contributed by atoms with Crippen molar-refractivity contribution in [1.82, 2.24) is 0 Å². The molecule has 2 aliphatic rings. The van der Waals surface area contributed by atoms with E-state index in [1.807, 2.05) is 0 Å². The van der Waals surface area contributed by atoms with Crippen LogP contribution in [0.15, 0.2) is 0 Å². The Morgan fingerprint density at radius 2 is 2.43 bits per heavy atom. The number of carboxylic acids is 1. The van der Waals surface area contributed by atoms with Crippen molar-refractivity contribution in [3.05, 3.63) is 0 Å². The molecule has 3 N–H and O–H groups in total. The van der Waals surface area contributed by atoms with Crippen LogP contribution in [-0.2, 0) is 14.3 Å². The van der Waals surface area contributed by atoms with E-state index < -0.39 is 12.0 Å². The van der Waals surface area contributed by atoms with Crippen LogP contribution in [0.1, 0.15) is 19.3 Å². The first kappa shape index (κ1) is 9.61. The highest BCUT2D eigenvalue weighted by Gasteiger charge is 2.52. The molecule has 78 valence electrons. The summed E-state index contributed by atoms with van der Waals surface area (Å²) in [5.41, 5.74) is 5.42. The Hall–Kier alpha value is -0.940. The fourth-order valence-corrected chi connectivity index (χ4v) is 2.05. The summed E-state index contributed by atoms with van der Waals surface area (Å²) in [4.78, 5) is 21.7. The van der Waals surface area contributed by atoms with E-state index in [1.54, 1.807) is 0 Å². The van der Waals surface area contributed by atoms with Crippen molar-refractivity contribution in [2.45, 2.75) is 37.5 Å². The van der Waals surface area contributed by atoms with Gasteiger partial charge in [-0.25, -0.2) is 0 Å². The maximum Gasteiger partial charge on any atom is 0.320 e. The average Bonchev–Trinajstić information content (AvgIpc) is 2.89. The molecule has 1 aliphatic carbocycles. The molecular weight excluding hydrogens is 186 g/mol. The Morgan fingerprint density at radius 3 is 3.07 bits per heavy atom. The average molecular weight is 199 g/mol. The summed E-state index contributed by atoms with van der Waals surface area (Å²) < 4.78 is 5.19. The first-order valence-corrected chi connectivity index (χ1v) is 4.76. The SMILES string of the molecule is N[C@@H](C[C@H]1CCC(=O)C2OC21)C(=O)O. The standard InChI is InChI=1S/C9H13NO4/c10-5(9(12)13)3-4-1-2-6(11)8-7(4)14-8/h4-5,7-8H,1-3,10H2,(H,12,13)/t4-,5+,7?,8?/m1/s1. The van der Waals surface area contributed by atoms with Gasteiger partial charge in [0.05, 0.1) is 6.10 Å². The lowest BCUT2D eigenvalue weighted by Crippen LogP contribution is -2.35. The largest absolute Gasteiger partial charge is 0.480 e. The molecule has 1 heterocycles. The Morgan fingerprint density at radius 1 is 1.71 bits per heavy atom. The van der Waals surface area contributed by atoms with Gasteiger partial charge in [-0.2, -0.15) is 0 Å². The Labute approximate surface area is 81.2 Å². The van der Waals surface area contributed by atoms with Gasteiger partial charge in [0.15, 0.2) is 5.78 Å². The van der Waals surface area contributed by atoms with Crippen LogP contribution in [0.4, 0.5) is 0 Å². The van der Waals surface area contributed by atoms with Gasteiger partial charge in [-0.1, -0.05) is 0 Å². The third-order valence-corrected chi connectivity index (χ3v) is 2.94. The quantitative estimate of drug-likeness (QED) is 0.599. The minimum Gasteiger partial charge on any atom is -0.480 e. The molecule has 1 saturated heterocycles. The fraction of sp³-hybridized carbons (Fsp3) is 0.778. The van der Waals surface area contributed by atoms with Gasteiger partial charge in [0.1, 0.15) is 12.1 Å². The lowest BCUT2D eigenvalue weighted by molar-refractivity contribution is -0.139. The lowest BCUT2D eigenvalue weighted by atomic mass is 9.84. The number of nitrogens with two attached hydrogens (primary N) is 1. The van der Waals surface area contributed by atoms with Crippen molar-refractivity contribution in [2.75, 3.05) is 0 Å². The van der Waals surface area contributed by atoms with Crippen molar-refractivity contribution in [1.29, 1.82) is 0 Å². The Kier molecular flexibility index (Phi) is 2.28. The molecule has 1 aliphatic heterocycles. The molecule has 2 unspecified atom stereocenters. The second-order valence-electron chi connectivity index (χ2n) is 3.97. The number of rotatable bonds is 3. The van der Waals surface area contributed by atoms with E-state index in [9.17, 15) is 9.59 Å². The number of fused-ring (bicyclic) bond motifs is 1. The summed E-state index contributed by atoms with van der Waals surface area (Å²) >= 11 is 0. The van der Waals surface area contributed by atoms with Gasteiger partial charge in [0.2, 0.25) is 0 Å². The first-order chi connectivity index (χ1) is 6.59. The van der Waals surface area contributed by atoms with Gasteiger partial charge in [-0.05, 0) is 18.8 Å². The number of hydrogen-bond donors (Lipinski definition) is 2. The molecule has 4 atom stereocenters. The van der Waals surface area contributed by atoms with E-state index in [0.717, 1.165) is 0 Å². The number of ether oxygens (including phenoxy) is 1. The zero-order valence-corrected chi connectivity index (χ0v) is 7.68. The molecule has 0 aromatic heterocycles. The molecular formula is C9H13NO4. The second-order valence-corrected chi connectivity index (χ2v) is 3.97. The smallest absolute Gasteiger partial charge is 0.320 e. The lowest BCUT2D eigenvalue weighted by Gasteiger charge is -2.19. The predicted octanol–water partition coefficient (Wildman–Crippen LogP) is -0.465. The number of carbonyl (C=O) groups excluding carboxylic acids is 1. The normalized spacial score (nSPS) is 37.5. The van der Waals surface area contributed by atoms with Gasteiger partial charge in [0.25, 0.3) is 0 Å². The molecule has 5 heteroatoms. The topological polar surface area (TPSA) is 92.9 Å². The van der Waals surface area contributed by atoms with Crippen molar-refractivity contribution >= 4 is 11.8 Å². The third kappa shape index (κ3) is 1.65. The second kappa shape index (κ2) is 3.33. The van der Waals surface area contributed by atoms with Crippen LogP contribution in [0.5, 0.6) is 0 Å². The van der Waals surface area contributed by atoms with E-state index in [4.69, 9.17) is 15.6 Å². The summed E-state index contributed by atoms with van der Waals surface area (Å²) in [5.74, 6) is -0.696. The molecule has 5 nitrogen and oxygen atoms in total. The number of Topliss-reactive ketones (excluding diaryl/α,β-unsaturated/α-hetero) is 1. The van der Waals surface area contributed by atoms with Crippen LogP contribution in [0.2, 0.25) is 0 Å². The van der Waals surface area contributed by atoms with E-state index in [1.165, 1.54) is 0 Å². The van der Waals surface area contributed by atoms with Crippen LogP contribution in [0.3, 0.4) is 0 Å². The number of hydrogen-bond acceptors (Lipinski definition) is 4. The molecule has 0 aromatic rings. The number of epoxide rings is 1. The zero-order valence-electron chi connectivity index (χ0n) is 7.68. The fourth-order valence-electron chi connectivity index (χ4n) is 2.05. The van der Waals surface area contributed by atoms with Crippen molar-refractivity contribution in [2.24, 2.45) is 11.7 Å². The molecule has 2 rings (SSSR count). The van der Waals surface area contributed by atoms with E-state index >= 15 is 0 Å². The molecule has 2 fully saturated rings. The van der Waals surface area contributed by atoms with Gasteiger partial charge < -0.3 is 15.6 Å². The third-order valence-electron chi connectivity index (χ3n) is 2.94. The van der Waals surface area contributed by atoms with E-state index in [2.05, 4.69) is 0 Å². The summed E-state index contributed by atoms with van der Waals surface area (Å²) in [6, 6.07) is -0.835. The minimum atomic E-state index is -0.987. The summed E-state index contributed by atoms with van der Waals surface area (Å²) in [6.45, 7) is 0. The summed E-state index contributed by atoms with van der Waals surface area (Å²) in [5, 5.41) is 8.63. The zero-order chi connectivity index (χ0) is 10.3. The van der Waals surface area contributed by atoms with Crippen LogP contribution in [0, 0.1) is 5.92 Å². The number of carboxylic acid groups (broad SMARTS) is 1. The molecule has 1 saturated carbocycles. The number of aliphatic carboxylic acids is 1. The van der Waals surface area contributed by atoms with Gasteiger partial charge in [-0.3, -0.25) is 9.59 Å². The van der Waals surface area contributed by atoms with Crippen molar-refractivity contribution in [3.8, 4) is 0 Å². The number of carbonyl (C=O) groups is 2. The first-order valence-electron chi connectivity index (χ1n) is 4.76. The minimum absolute atomic E-state index is 0.0540. The maximum absolute atomic E-state index is 11.1. The maximum atomic E-state index is 11.1. The van der Waals surface area contributed by atoms with Crippen LogP contribution >= 0.6 is 0 Å². The van der Waals surface area contributed by atoms with Gasteiger partial charge in [0, 0.05) is 6.42 Å². The molecule has 0 bridgehead atoms. The predicted molar refractivity (Wildman–Crippen MR) is 46.6 cm³/mol. The molecule has 0 aromatic carbocycles.